The predicted octanol–water partition coefficient (Wildman–Crippen LogP) is 1.18. The number of carbonyl (C=O) groups excluding carboxylic acids is 2. The number of methoxy groups -OCH3 is 2. The lowest BCUT2D eigenvalue weighted by Crippen LogP contribution is -2.25. The van der Waals surface area contributed by atoms with E-state index in [0.717, 1.165) is 5.56 Å². The third kappa shape index (κ3) is 1.94. The van der Waals surface area contributed by atoms with Crippen LogP contribution in [0.5, 0.6) is 0 Å². The number of benzene rings is 1. The minimum Gasteiger partial charge on any atom is -0.469 e. The molecule has 1 aliphatic heterocycles. The minimum atomic E-state index is -0.629. The van der Waals surface area contributed by atoms with Crippen molar-refractivity contribution in [1.82, 2.24) is 5.06 Å². The van der Waals surface area contributed by atoms with Crippen LogP contribution in [0.25, 0.3) is 0 Å². The van der Waals surface area contributed by atoms with Crippen molar-refractivity contribution in [3.8, 4) is 0 Å². The van der Waals surface area contributed by atoms with Gasteiger partial charge in [0.2, 0.25) is 0 Å². The Bertz CT molecular complexity index is 565. The molecule has 1 saturated heterocycles. The molecular weight excluding hydrogens is 286 g/mol. The zero-order chi connectivity index (χ0) is 15.9. The second-order valence-electron chi connectivity index (χ2n) is 5.75. The first-order chi connectivity index (χ1) is 10.6. The molecule has 3 rings (SSSR count). The first kappa shape index (κ1) is 15.0. The third-order valence-electron chi connectivity index (χ3n) is 4.80. The van der Waals surface area contributed by atoms with Crippen molar-refractivity contribution < 1.29 is 23.9 Å². The Morgan fingerprint density at radius 3 is 2.18 bits per heavy atom. The van der Waals surface area contributed by atoms with Crippen molar-refractivity contribution in [2.75, 3.05) is 27.9 Å². The molecule has 1 aromatic carbocycles. The number of hydrogen-bond donors (Lipinski definition) is 0. The van der Waals surface area contributed by atoms with Crippen molar-refractivity contribution in [3.63, 3.8) is 0 Å². The molecule has 3 atom stereocenters. The van der Waals surface area contributed by atoms with E-state index in [1.54, 1.807) is 5.06 Å². The minimum absolute atomic E-state index is 0.193. The molecule has 0 radical (unpaired) electrons. The highest BCUT2D eigenvalue weighted by atomic mass is 16.7. The van der Waals surface area contributed by atoms with Crippen LogP contribution >= 0.6 is 0 Å². The largest absolute Gasteiger partial charge is 0.469 e. The van der Waals surface area contributed by atoms with Gasteiger partial charge in [-0.15, -0.1) is 0 Å². The van der Waals surface area contributed by atoms with E-state index in [0.29, 0.717) is 6.61 Å². The highest BCUT2D eigenvalue weighted by Gasteiger charge is 2.79. The van der Waals surface area contributed by atoms with Crippen LogP contribution in [-0.4, -0.2) is 44.9 Å². The second kappa shape index (κ2) is 5.37. The first-order valence-corrected chi connectivity index (χ1v) is 7.14. The molecule has 22 heavy (non-hydrogen) atoms. The third-order valence-corrected chi connectivity index (χ3v) is 4.80. The Balaban J connectivity index is 2.02. The lowest BCUT2D eigenvalue weighted by molar-refractivity contribution is -0.148. The Hall–Kier alpha value is -1.92. The zero-order valence-electron chi connectivity index (χ0n) is 12.8. The van der Waals surface area contributed by atoms with Gasteiger partial charge in [-0.3, -0.25) is 14.4 Å². The lowest BCUT2D eigenvalue weighted by Gasteiger charge is -2.23. The van der Waals surface area contributed by atoms with Crippen LogP contribution < -0.4 is 0 Å². The predicted molar refractivity (Wildman–Crippen MR) is 76.3 cm³/mol. The number of hydrogen-bond acceptors (Lipinski definition) is 6. The van der Waals surface area contributed by atoms with E-state index >= 15 is 0 Å². The lowest BCUT2D eigenvalue weighted by atomic mass is 9.88. The number of hydroxylamine groups is 2. The molecule has 6 nitrogen and oxygen atoms in total. The van der Waals surface area contributed by atoms with Gasteiger partial charge in [0.25, 0.3) is 0 Å². The van der Waals surface area contributed by atoms with Crippen molar-refractivity contribution in [2.45, 2.75) is 6.04 Å². The molecule has 1 spiro atoms. The fourth-order valence-corrected chi connectivity index (χ4v) is 3.80. The van der Waals surface area contributed by atoms with Gasteiger partial charge in [0, 0.05) is 12.5 Å². The number of carbonyl (C=O) groups is 2. The quantitative estimate of drug-likeness (QED) is 0.782. The van der Waals surface area contributed by atoms with Gasteiger partial charge < -0.3 is 9.47 Å². The van der Waals surface area contributed by atoms with Crippen molar-refractivity contribution in [3.05, 3.63) is 35.9 Å². The van der Waals surface area contributed by atoms with E-state index in [-0.39, 0.29) is 6.04 Å². The summed E-state index contributed by atoms with van der Waals surface area (Å²) >= 11 is 0. The smallest absolute Gasteiger partial charge is 0.310 e. The molecule has 1 saturated carbocycles. The van der Waals surface area contributed by atoms with Crippen LogP contribution in [0.4, 0.5) is 0 Å². The molecule has 0 aromatic heterocycles. The molecular formula is C16H19NO5. The van der Waals surface area contributed by atoms with Crippen molar-refractivity contribution in [2.24, 2.45) is 17.3 Å². The Morgan fingerprint density at radius 1 is 1.14 bits per heavy atom. The molecule has 3 unspecified atom stereocenters. The summed E-state index contributed by atoms with van der Waals surface area (Å²) in [4.78, 5) is 30.0. The van der Waals surface area contributed by atoms with E-state index in [1.165, 1.54) is 14.2 Å². The second-order valence-corrected chi connectivity index (χ2v) is 5.75. The molecule has 118 valence electrons. The average molecular weight is 305 g/mol. The summed E-state index contributed by atoms with van der Waals surface area (Å²) in [5, 5.41) is 1.72. The van der Waals surface area contributed by atoms with E-state index in [1.807, 2.05) is 37.4 Å². The summed E-state index contributed by atoms with van der Waals surface area (Å²) in [7, 11) is 4.48. The van der Waals surface area contributed by atoms with Crippen LogP contribution in [0.2, 0.25) is 0 Å². The fourth-order valence-electron chi connectivity index (χ4n) is 3.80. The SMILES string of the molecule is COC(=O)C1C(C(=O)OC)C12CON(C)C2c1ccccc1. The maximum absolute atomic E-state index is 12.1. The van der Waals surface area contributed by atoms with E-state index in [9.17, 15) is 9.59 Å². The van der Waals surface area contributed by atoms with Gasteiger partial charge in [0.1, 0.15) is 0 Å². The summed E-state index contributed by atoms with van der Waals surface area (Å²) in [5.41, 5.74) is 0.374. The van der Waals surface area contributed by atoms with Gasteiger partial charge in [0.15, 0.2) is 0 Å². The van der Waals surface area contributed by atoms with Crippen LogP contribution in [0.3, 0.4) is 0 Å². The number of ether oxygens (including phenoxy) is 2. The Morgan fingerprint density at radius 2 is 1.68 bits per heavy atom. The summed E-state index contributed by atoms with van der Waals surface area (Å²) < 4.78 is 9.77. The molecule has 1 aliphatic carbocycles. The standard InChI is InChI=1S/C16H19NO5/c1-17-13(10-7-5-4-6-8-10)16(9-22-17)11(14(18)20-2)12(16)15(19)21-3/h4-8,11-13H,9H2,1-3H3. The van der Waals surface area contributed by atoms with Crippen LogP contribution in [0, 0.1) is 17.3 Å². The van der Waals surface area contributed by atoms with E-state index in [4.69, 9.17) is 14.3 Å². The molecule has 2 aliphatic rings. The monoisotopic (exact) mass is 305 g/mol. The fraction of sp³-hybridized carbons (Fsp3) is 0.500. The van der Waals surface area contributed by atoms with Crippen LogP contribution in [0.1, 0.15) is 11.6 Å². The molecule has 2 fully saturated rings. The van der Waals surface area contributed by atoms with Crippen molar-refractivity contribution >= 4 is 11.9 Å². The van der Waals surface area contributed by atoms with Crippen LogP contribution in [-0.2, 0) is 23.9 Å². The average Bonchev–Trinajstić information content (AvgIpc) is 3.09. The molecule has 0 bridgehead atoms. The Kier molecular flexibility index (Phi) is 3.66. The summed E-state index contributed by atoms with van der Waals surface area (Å²) in [6.07, 6.45) is 0. The van der Waals surface area contributed by atoms with E-state index in [2.05, 4.69) is 0 Å². The Labute approximate surface area is 128 Å². The topological polar surface area (TPSA) is 65.1 Å². The molecule has 6 heteroatoms. The maximum Gasteiger partial charge on any atom is 0.310 e. The zero-order valence-corrected chi connectivity index (χ0v) is 12.8. The van der Waals surface area contributed by atoms with Gasteiger partial charge >= 0.3 is 11.9 Å². The maximum atomic E-state index is 12.1. The summed E-state index contributed by atoms with van der Waals surface area (Å²) in [6.45, 7) is 0.294. The number of esters is 2. The van der Waals surface area contributed by atoms with Gasteiger partial charge in [-0.2, -0.15) is 5.06 Å². The van der Waals surface area contributed by atoms with Gasteiger partial charge in [-0.05, 0) is 5.56 Å². The molecule has 0 amide bonds. The van der Waals surface area contributed by atoms with Gasteiger partial charge in [0.05, 0.1) is 38.7 Å². The highest BCUT2D eigenvalue weighted by Crippen LogP contribution is 2.70. The first-order valence-electron chi connectivity index (χ1n) is 7.14. The molecule has 1 aromatic rings. The van der Waals surface area contributed by atoms with Crippen LogP contribution in [0.15, 0.2) is 30.3 Å². The number of nitrogens with zero attached hydrogens (tertiary/aromatic N) is 1. The summed E-state index contributed by atoms with van der Waals surface area (Å²) in [6, 6.07) is 9.53. The van der Waals surface area contributed by atoms with Gasteiger partial charge in [-0.25, -0.2) is 0 Å². The highest BCUT2D eigenvalue weighted by molar-refractivity contribution is 5.90. The number of rotatable bonds is 3. The molecule has 1 heterocycles. The normalized spacial score (nSPS) is 33.7. The van der Waals surface area contributed by atoms with Gasteiger partial charge in [-0.1, -0.05) is 30.3 Å². The van der Waals surface area contributed by atoms with E-state index < -0.39 is 29.2 Å². The molecule has 0 N–H and O–H groups in total. The summed E-state index contributed by atoms with van der Waals surface area (Å²) in [5.74, 6) is -1.87. The van der Waals surface area contributed by atoms with Crippen molar-refractivity contribution in [1.29, 1.82) is 0 Å².